The van der Waals surface area contributed by atoms with Crippen LogP contribution in [-0.4, -0.2) is 22.1 Å². The molecule has 0 fully saturated rings. The maximum Gasteiger partial charge on any atom is 0.337 e. The molecule has 0 saturated heterocycles. The van der Waals surface area contributed by atoms with Crippen LogP contribution in [0.25, 0.3) is 0 Å². The van der Waals surface area contributed by atoms with Gasteiger partial charge in [0.05, 0.1) is 10.6 Å². The summed E-state index contributed by atoms with van der Waals surface area (Å²) in [5.74, 6) is -1.45. The molecule has 4 aromatic carbocycles. The number of carboxylic acids is 1. The number of carboxylic acid groups (broad SMARTS) is 1. The lowest BCUT2D eigenvalue weighted by atomic mass is 10.1. The van der Waals surface area contributed by atoms with Gasteiger partial charge in [-0.15, -0.1) is 11.8 Å². The van der Waals surface area contributed by atoms with Crippen LogP contribution in [0.5, 0.6) is 0 Å². The summed E-state index contributed by atoms with van der Waals surface area (Å²) in [6.07, 6.45) is 0. The summed E-state index contributed by atoms with van der Waals surface area (Å²) in [6, 6.07) is 31.0. The van der Waals surface area contributed by atoms with E-state index in [1.807, 2.05) is 84.9 Å². The van der Waals surface area contributed by atoms with Crippen LogP contribution in [0.1, 0.15) is 21.2 Å². The lowest BCUT2D eigenvalue weighted by Gasteiger charge is -2.18. The second kappa shape index (κ2) is 12.4. The summed E-state index contributed by atoms with van der Waals surface area (Å²) < 4.78 is 0. The second-order valence-corrected chi connectivity index (χ2v) is 9.86. The Morgan fingerprint density at radius 2 is 1.32 bits per heavy atom. The van der Waals surface area contributed by atoms with Gasteiger partial charge in [-0.1, -0.05) is 60.1 Å². The zero-order chi connectivity index (χ0) is 26.2. The van der Waals surface area contributed by atoms with E-state index in [-0.39, 0.29) is 16.5 Å². The Balaban J connectivity index is 1.47. The van der Waals surface area contributed by atoms with Crippen LogP contribution in [-0.2, 0) is 4.79 Å². The van der Waals surface area contributed by atoms with E-state index in [1.165, 1.54) is 23.9 Å². The van der Waals surface area contributed by atoms with Crippen molar-refractivity contribution in [3.05, 3.63) is 119 Å². The van der Waals surface area contributed by atoms with Crippen molar-refractivity contribution in [3.8, 4) is 0 Å². The minimum absolute atomic E-state index is 0.0776. The Labute approximate surface area is 229 Å². The number of hydrogen-bond donors (Lipinski definition) is 4. The Kier molecular flexibility index (Phi) is 8.79. The molecular weight excluding hydrogens is 526 g/mol. The first-order valence-electron chi connectivity index (χ1n) is 11.2. The molecule has 186 valence electrons. The molecule has 0 aliphatic heterocycles. The molecule has 37 heavy (non-hydrogen) atoms. The fraction of sp³-hybridized carbons (Fsp3) is 0.0357. The maximum atomic E-state index is 13.3. The number of carbonyl (C=O) groups excluding carboxylic acids is 1. The Hall–Kier alpha value is -3.85. The van der Waals surface area contributed by atoms with Crippen LogP contribution < -0.4 is 16.0 Å². The van der Waals surface area contributed by atoms with Crippen molar-refractivity contribution >= 4 is 69.6 Å². The highest BCUT2D eigenvalue weighted by atomic mass is 35.5. The van der Waals surface area contributed by atoms with Gasteiger partial charge in [0.2, 0.25) is 5.91 Å². The second-order valence-electron chi connectivity index (χ2n) is 7.87. The van der Waals surface area contributed by atoms with Gasteiger partial charge in [-0.05, 0) is 72.4 Å². The number of hydrogen-bond acceptors (Lipinski definition) is 4. The summed E-state index contributed by atoms with van der Waals surface area (Å²) in [6.45, 7) is 0. The van der Waals surface area contributed by atoms with Crippen LogP contribution in [0.3, 0.4) is 0 Å². The monoisotopic (exact) mass is 547 g/mol. The SMILES string of the molecule is O=C(O)c1cc(NC(=O)C(Sc2ccc(NC(=S)Nc3ccccc3)cc2)c2ccccc2)ccc1Cl. The number of rotatable bonds is 8. The van der Waals surface area contributed by atoms with Crippen LogP contribution >= 0.6 is 35.6 Å². The molecule has 0 bridgehead atoms. The molecule has 0 spiro atoms. The number of nitrogens with one attached hydrogen (secondary N) is 3. The molecule has 4 aromatic rings. The fourth-order valence-electron chi connectivity index (χ4n) is 3.44. The topological polar surface area (TPSA) is 90.5 Å². The Bertz CT molecular complexity index is 1400. The van der Waals surface area contributed by atoms with E-state index in [2.05, 4.69) is 16.0 Å². The van der Waals surface area contributed by atoms with Crippen LogP contribution in [0, 0.1) is 0 Å². The van der Waals surface area contributed by atoms with Crippen LogP contribution in [0.4, 0.5) is 17.1 Å². The number of para-hydroxylation sites is 1. The normalized spacial score (nSPS) is 11.3. The number of thioether (sulfide) groups is 1. The van der Waals surface area contributed by atoms with Gasteiger partial charge in [-0.25, -0.2) is 4.79 Å². The standard InChI is InChI=1S/C28H22ClN3O3S2/c29-24-16-13-21(17-23(24)27(34)35)30-26(33)25(18-7-3-1-4-8-18)37-22-14-11-20(12-15-22)32-28(36)31-19-9-5-2-6-10-19/h1-17,25H,(H,30,33)(H,34,35)(H2,31,32,36). The first-order chi connectivity index (χ1) is 17.9. The smallest absolute Gasteiger partial charge is 0.337 e. The number of anilines is 3. The van der Waals surface area contributed by atoms with E-state index in [0.717, 1.165) is 21.8 Å². The molecule has 0 saturated carbocycles. The highest BCUT2D eigenvalue weighted by Crippen LogP contribution is 2.37. The van der Waals surface area contributed by atoms with E-state index in [1.54, 1.807) is 6.07 Å². The van der Waals surface area contributed by atoms with E-state index in [4.69, 9.17) is 23.8 Å². The van der Waals surface area contributed by atoms with Gasteiger partial charge < -0.3 is 21.1 Å². The van der Waals surface area contributed by atoms with Crippen molar-refractivity contribution in [3.63, 3.8) is 0 Å². The highest BCUT2D eigenvalue weighted by Gasteiger charge is 2.23. The number of halogens is 1. The van der Waals surface area contributed by atoms with Crippen LogP contribution in [0.15, 0.2) is 108 Å². The average Bonchev–Trinajstić information content (AvgIpc) is 2.90. The van der Waals surface area contributed by atoms with E-state index in [9.17, 15) is 14.7 Å². The quantitative estimate of drug-likeness (QED) is 0.136. The van der Waals surface area contributed by atoms with Crippen molar-refractivity contribution in [1.29, 1.82) is 0 Å². The van der Waals surface area contributed by atoms with Crippen molar-refractivity contribution in [2.75, 3.05) is 16.0 Å². The molecule has 9 heteroatoms. The molecule has 1 unspecified atom stereocenters. The molecule has 0 aliphatic rings. The zero-order valence-electron chi connectivity index (χ0n) is 19.4. The van der Waals surface area contributed by atoms with Gasteiger partial charge >= 0.3 is 5.97 Å². The molecule has 0 aliphatic carbocycles. The van der Waals surface area contributed by atoms with E-state index in [0.29, 0.717) is 10.8 Å². The van der Waals surface area contributed by atoms with E-state index >= 15 is 0 Å². The van der Waals surface area contributed by atoms with Crippen molar-refractivity contribution in [2.45, 2.75) is 10.1 Å². The number of amides is 1. The Morgan fingerprint density at radius 3 is 1.95 bits per heavy atom. The fourth-order valence-corrected chi connectivity index (χ4v) is 4.90. The van der Waals surface area contributed by atoms with Gasteiger partial charge in [-0.2, -0.15) is 0 Å². The van der Waals surface area contributed by atoms with Crippen molar-refractivity contribution < 1.29 is 14.7 Å². The Morgan fingerprint density at radius 1 is 0.757 bits per heavy atom. The predicted octanol–water partition coefficient (Wildman–Crippen LogP) is 7.32. The summed E-state index contributed by atoms with van der Waals surface area (Å²) in [7, 11) is 0. The van der Waals surface area contributed by atoms with Gasteiger partial charge in [0.1, 0.15) is 5.25 Å². The van der Waals surface area contributed by atoms with Crippen LogP contribution in [0.2, 0.25) is 5.02 Å². The summed E-state index contributed by atoms with van der Waals surface area (Å²) in [5.41, 5.74) is 2.78. The van der Waals surface area contributed by atoms with Crippen molar-refractivity contribution in [2.24, 2.45) is 0 Å². The van der Waals surface area contributed by atoms with Crippen molar-refractivity contribution in [1.82, 2.24) is 0 Å². The first-order valence-corrected chi connectivity index (χ1v) is 12.8. The highest BCUT2D eigenvalue weighted by molar-refractivity contribution is 8.00. The summed E-state index contributed by atoms with van der Waals surface area (Å²) in [5, 5.41) is 18.4. The third kappa shape index (κ3) is 7.33. The largest absolute Gasteiger partial charge is 0.478 e. The third-order valence-electron chi connectivity index (χ3n) is 5.20. The lowest BCUT2D eigenvalue weighted by molar-refractivity contribution is -0.115. The lowest BCUT2D eigenvalue weighted by Crippen LogP contribution is -2.19. The number of aromatic carboxylic acids is 1. The number of carbonyl (C=O) groups is 2. The minimum Gasteiger partial charge on any atom is -0.478 e. The molecule has 4 N–H and O–H groups in total. The van der Waals surface area contributed by atoms with Gasteiger partial charge in [-0.3, -0.25) is 4.79 Å². The summed E-state index contributed by atoms with van der Waals surface area (Å²) in [4.78, 5) is 25.6. The molecule has 0 aromatic heterocycles. The van der Waals surface area contributed by atoms with Gasteiger partial charge in [0.15, 0.2) is 5.11 Å². The summed E-state index contributed by atoms with van der Waals surface area (Å²) >= 11 is 12.7. The molecular formula is C28H22ClN3O3S2. The molecule has 4 rings (SSSR count). The third-order valence-corrected chi connectivity index (χ3v) is 7.00. The molecule has 6 nitrogen and oxygen atoms in total. The van der Waals surface area contributed by atoms with Gasteiger partial charge in [0.25, 0.3) is 0 Å². The number of benzene rings is 4. The number of thiocarbonyl (C=S) groups is 1. The molecule has 0 heterocycles. The minimum atomic E-state index is -1.16. The molecule has 1 amide bonds. The molecule has 0 radical (unpaired) electrons. The average molecular weight is 548 g/mol. The first kappa shape index (κ1) is 26.2. The zero-order valence-corrected chi connectivity index (χ0v) is 21.7. The molecule has 1 atom stereocenters. The maximum absolute atomic E-state index is 13.3. The van der Waals surface area contributed by atoms with Gasteiger partial charge in [0, 0.05) is 22.0 Å². The predicted molar refractivity (Wildman–Crippen MR) is 155 cm³/mol. The van der Waals surface area contributed by atoms with E-state index < -0.39 is 11.2 Å².